The van der Waals surface area contributed by atoms with E-state index < -0.39 is 29.6 Å². The minimum Gasteiger partial charge on any atom is -0.496 e. The SMILES string of the molecule is CCCC(NC(CCC(N)=O)C(=O)O)c1c(OC)cc(=O)oc1C. The van der Waals surface area contributed by atoms with E-state index >= 15 is 0 Å². The highest BCUT2D eigenvalue weighted by Gasteiger charge is 2.26. The molecule has 0 spiro atoms. The number of aryl methyl sites for hydroxylation is 1. The predicted molar refractivity (Wildman–Crippen MR) is 86.9 cm³/mol. The van der Waals surface area contributed by atoms with Crippen molar-refractivity contribution < 1.29 is 23.8 Å². The number of rotatable bonds is 10. The maximum Gasteiger partial charge on any atom is 0.339 e. The van der Waals surface area contributed by atoms with Gasteiger partial charge in [-0.05, 0) is 19.8 Å². The van der Waals surface area contributed by atoms with Gasteiger partial charge in [0.25, 0.3) is 0 Å². The van der Waals surface area contributed by atoms with Crippen molar-refractivity contribution in [3.05, 3.63) is 27.8 Å². The van der Waals surface area contributed by atoms with Crippen LogP contribution in [-0.2, 0) is 9.59 Å². The van der Waals surface area contributed by atoms with Crippen LogP contribution in [0, 0.1) is 6.92 Å². The molecule has 1 amide bonds. The molecule has 1 heterocycles. The third kappa shape index (κ3) is 5.38. The van der Waals surface area contributed by atoms with Crippen LogP contribution < -0.4 is 21.4 Å². The number of methoxy groups -OCH3 is 1. The second-order valence-corrected chi connectivity index (χ2v) is 5.51. The van der Waals surface area contributed by atoms with Gasteiger partial charge in [0, 0.05) is 18.0 Å². The summed E-state index contributed by atoms with van der Waals surface area (Å²) in [5, 5.41) is 12.4. The highest BCUT2D eigenvalue weighted by molar-refractivity contribution is 5.77. The second-order valence-electron chi connectivity index (χ2n) is 5.51. The number of nitrogens with one attached hydrogen (secondary N) is 1. The fourth-order valence-corrected chi connectivity index (χ4v) is 2.59. The van der Waals surface area contributed by atoms with Crippen LogP contribution in [0.3, 0.4) is 0 Å². The number of nitrogens with two attached hydrogens (primary N) is 1. The molecule has 134 valence electrons. The van der Waals surface area contributed by atoms with Crippen LogP contribution in [0.1, 0.15) is 50.0 Å². The van der Waals surface area contributed by atoms with Crippen molar-refractivity contribution in [2.75, 3.05) is 7.11 Å². The van der Waals surface area contributed by atoms with Gasteiger partial charge in [0.1, 0.15) is 17.6 Å². The van der Waals surface area contributed by atoms with Crippen molar-refractivity contribution >= 4 is 11.9 Å². The average Bonchev–Trinajstić information content (AvgIpc) is 2.49. The molecule has 0 aliphatic heterocycles. The second kappa shape index (κ2) is 9.07. The first-order valence-corrected chi connectivity index (χ1v) is 7.75. The minimum absolute atomic E-state index is 0.0389. The molecule has 0 aromatic carbocycles. The minimum atomic E-state index is -1.08. The number of hydrogen-bond acceptors (Lipinski definition) is 6. The molecule has 8 nitrogen and oxygen atoms in total. The number of ether oxygens (including phenoxy) is 1. The monoisotopic (exact) mass is 340 g/mol. The molecule has 1 aromatic heterocycles. The Morgan fingerprint density at radius 1 is 1.42 bits per heavy atom. The zero-order chi connectivity index (χ0) is 18.3. The number of carboxylic acid groups (broad SMARTS) is 1. The Morgan fingerprint density at radius 2 is 2.08 bits per heavy atom. The highest BCUT2D eigenvalue weighted by atomic mass is 16.5. The molecule has 1 rings (SSSR count). The lowest BCUT2D eigenvalue weighted by Gasteiger charge is -2.25. The van der Waals surface area contributed by atoms with Gasteiger partial charge in [-0.15, -0.1) is 0 Å². The van der Waals surface area contributed by atoms with Gasteiger partial charge in [-0.3, -0.25) is 14.9 Å². The van der Waals surface area contributed by atoms with E-state index in [0.29, 0.717) is 23.5 Å². The molecular formula is C16H24N2O6. The van der Waals surface area contributed by atoms with Crippen LogP contribution in [0.2, 0.25) is 0 Å². The molecule has 0 fully saturated rings. The van der Waals surface area contributed by atoms with Crippen molar-refractivity contribution in [3.63, 3.8) is 0 Å². The van der Waals surface area contributed by atoms with Crippen LogP contribution in [0.25, 0.3) is 0 Å². The Balaban J connectivity index is 3.15. The number of amides is 1. The van der Waals surface area contributed by atoms with Crippen molar-refractivity contribution in [2.45, 2.75) is 51.6 Å². The zero-order valence-electron chi connectivity index (χ0n) is 14.1. The highest BCUT2D eigenvalue weighted by Crippen LogP contribution is 2.30. The van der Waals surface area contributed by atoms with E-state index in [2.05, 4.69) is 5.32 Å². The molecule has 0 aliphatic carbocycles. The first kappa shape index (κ1) is 19.7. The summed E-state index contributed by atoms with van der Waals surface area (Å²) in [5.74, 6) is -0.931. The molecule has 0 bridgehead atoms. The van der Waals surface area contributed by atoms with Gasteiger partial charge < -0.3 is 20.0 Å². The summed E-state index contributed by atoms with van der Waals surface area (Å²) in [7, 11) is 1.43. The van der Waals surface area contributed by atoms with Crippen LogP contribution in [0.5, 0.6) is 5.75 Å². The van der Waals surface area contributed by atoms with Gasteiger partial charge in [0.05, 0.1) is 13.2 Å². The third-order valence-corrected chi connectivity index (χ3v) is 3.67. The van der Waals surface area contributed by atoms with E-state index in [1.807, 2.05) is 6.92 Å². The quantitative estimate of drug-likeness (QED) is 0.581. The number of hydrogen-bond donors (Lipinski definition) is 3. The zero-order valence-corrected chi connectivity index (χ0v) is 14.1. The lowest BCUT2D eigenvalue weighted by Crippen LogP contribution is -2.40. The van der Waals surface area contributed by atoms with Gasteiger partial charge in [-0.2, -0.15) is 0 Å². The fourth-order valence-electron chi connectivity index (χ4n) is 2.59. The average molecular weight is 340 g/mol. The molecule has 8 heteroatoms. The summed E-state index contributed by atoms with van der Waals surface area (Å²) in [6.45, 7) is 3.58. The number of primary amides is 1. The summed E-state index contributed by atoms with van der Waals surface area (Å²) in [4.78, 5) is 33.9. The Kier molecular flexibility index (Phi) is 7.44. The molecular weight excluding hydrogens is 316 g/mol. The van der Waals surface area contributed by atoms with Gasteiger partial charge in [0.2, 0.25) is 5.91 Å². The van der Waals surface area contributed by atoms with Crippen LogP contribution in [0.4, 0.5) is 0 Å². The summed E-state index contributed by atoms with van der Waals surface area (Å²) in [6, 6.07) is -0.125. The Hall–Kier alpha value is -2.35. The molecule has 0 saturated heterocycles. The summed E-state index contributed by atoms with van der Waals surface area (Å²) in [5.41, 5.74) is 5.16. The van der Waals surface area contributed by atoms with Crippen LogP contribution in [-0.4, -0.2) is 30.1 Å². The van der Waals surface area contributed by atoms with E-state index in [1.54, 1.807) is 6.92 Å². The van der Waals surface area contributed by atoms with E-state index in [-0.39, 0.29) is 12.8 Å². The van der Waals surface area contributed by atoms with Gasteiger partial charge in [0.15, 0.2) is 0 Å². The number of carbonyl (C=O) groups excluding carboxylic acids is 1. The van der Waals surface area contributed by atoms with E-state index in [0.717, 1.165) is 6.42 Å². The number of carboxylic acids is 1. The number of aliphatic carboxylic acids is 1. The lowest BCUT2D eigenvalue weighted by atomic mass is 9.98. The Bertz CT molecular complexity index is 640. The Morgan fingerprint density at radius 3 is 2.58 bits per heavy atom. The number of carbonyl (C=O) groups is 2. The molecule has 1 aromatic rings. The predicted octanol–water partition coefficient (Wildman–Crippen LogP) is 1.11. The first-order valence-electron chi connectivity index (χ1n) is 7.75. The van der Waals surface area contributed by atoms with Crippen LogP contribution >= 0.6 is 0 Å². The van der Waals surface area contributed by atoms with Crippen molar-refractivity contribution in [2.24, 2.45) is 5.73 Å². The first-order chi connectivity index (χ1) is 11.3. The summed E-state index contributed by atoms with van der Waals surface area (Å²) < 4.78 is 10.4. The Labute approximate surface area is 140 Å². The third-order valence-electron chi connectivity index (χ3n) is 3.67. The molecule has 24 heavy (non-hydrogen) atoms. The fraction of sp³-hybridized carbons (Fsp3) is 0.562. The molecule has 0 aliphatic rings. The smallest absolute Gasteiger partial charge is 0.339 e. The largest absolute Gasteiger partial charge is 0.496 e. The van der Waals surface area contributed by atoms with Gasteiger partial charge >= 0.3 is 11.6 Å². The van der Waals surface area contributed by atoms with Crippen molar-refractivity contribution in [1.29, 1.82) is 0 Å². The maximum absolute atomic E-state index is 11.5. The van der Waals surface area contributed by atoms with Crippen molar-refractivity contribution in [1.82, 2.24) is 5.32 Å². The normalized spacial score (nSPS) is 13.3. The molecule has 0 radical (unpaired) electrons. The van der Waals surface area contributed by atoms with Gasteiger partial charge in [-0.1, -0.05) is 13.3 Å². The van der Waals surface area contributed by atoms with Gasteiger partial charge in [-0.25, -0.2) is 4.79 Å². The van der Waals surface area contributed by atoms with E-state index in [9.17, 15) is 19.5 Å². The molecule has 0 saturated carbocycles. The molecule has 2 unspecified atom stereocenters. The van der Waals surface area contributed by atoms with E-state index in [4.69, 9.17) is 14.9 Å². The topological polar surface area (TPSA) is 132 Å². The van der Waals surface area contributed by atoms with Crippen molar-refractivity contribution in [3.8, 4) is 5.75 Å². The summed E-state index contributed by atoms with van der Waals surface area (Å²) in [6.07, 6.45) is 1.40. The van der Waals surface area contributed by atoms with Crippen LogP contribution in [0.15, 0.2) is 15.3 Å². The molecule has 4 N–H and O–H groups in total. The standard InChI is InChI=1S/C16H24N2O6/c1-4-5-10(18-11(16(21)22)6-7-13(17)19)15-9(2)24-14(20)8-12(15)23-3/h8,10-11,18H,4-7H2,1-3H3,(H2,17,19)(H,21,22). The summed E-state index contributed by atoms with van der Waals surface area (Å²) >= 11 is 0. The lowest BCUT2D eigenvalue weighted by molar-refractivity contribution is -0.140. The molecule has 2 atom stereocenters. The maximum atomic E-state index is 11.5. The van der Waals surface area contributed by atoms with E-state index in [1.165, 1.54) is 13.2 Å².